The topological polar surface area (TPSA) is 20.2 Å². The number of halogens is 1. The fraction of sp³-hybridized carbons (Fsp3) is 0.368. The summed E-state index contributed by atoms with van der Waals surface area (Å²) in [7, 11) is 0. The van der Waals surface area contributed by atoms with Gasteiger partial charge in [0.15, 0.2) is 0 Å². The molecule has 0 heterocycles. The third-order valence-corrected chi connectivity index (χ3v) is 3.76. The van der Waals surface area contributed by atoms with Crippen LogP contribution in [0.5, 0.6) is 0 Å². The van der Waals surface area contributed by atoms with E-state index in [-0.39, 0.29) is 11.2 Å². The minimum Gasteiger partial charge on any atom is -0.388 e. The Hall–Kier alpha value is -1.67. The predicted molar refractivity (Wildman–Crippen MR) is 84.9 cm³/mol. The Labute approximate surface area is 126 Å². The lowest BCUT2D eigenvalue weighted by atomic mass is 9.86. The first-order chi connectivity index (χ1) is 9.77. The van der Waals surface area contributed by atoms with Crippen LogP contribution < -0.4 is 0 Å². The summed E-state index contributed by atoms with van der Waals surface area (Å²) >= 11 is 0. The molecule has 0 aromatic heterocycles. The second-order valence-corrected chi connectivity index (χ2v) is 6.69. The van der Waals surface area contributed by atoms with Gasteiger partial charge in [0, 0.05) is 12.0 Å². The highest BCUT2D eigenvalue weighted by molar-refractivity contribution is 5.30. The van der Waals surface area contributed by atoms with Crippen molar-refractivity contribution in [3.05, 3.63) is 70.5 Å². The molecule has 1 unspecified atom stereocenters. The molecule has 2 heteroatoms. The monoisotopic (exact) mass is 286 g/mol. The van der Waals surface area contributed by atoms with E-state index in [9.17, 15) is 9.50 Å². The zero-order valence-electron chi connectivity index (χ0n) is 13.2. The molecule has 0 radical (unpaired) electrons. The largest absolute Gasteiger partial charge is 0.388 e. The van der Waals surface area contributed by atoms with Gasteiger partial charge in [0.25, 0.3) is 0 Å². The number of aliphatic hydroxyl groups excluding tert-OH is 1. The van der Waals surface area contributed by atoms with E-state index >= 15 is 0 Å². The van der Waals surface area contributed by atoms with Crippen molar-refractivity contribution >= 4 is 0 Å². The fourth-order valence-electron chi connectivity index (χ4n) is 2.38. The second kappa shape index (κ2) is 5.98. The number of rotatable bonds is 3. The number of aliphatic hydroxyl groups is 1. The highest BCUT2D eigenvalue weighted by Crippen LogP contribution is 2.25. The van der Waals surface area contributed by atoms with E-state index in [1.54, 1.807) is 6.07 Å². The summed E-state index contributed by atoms with van der Waals surface area (Å²) in [6.45, 7) is 8.33. The number of hydrogen-bond acceptors (Lipinski definition) is 1. The van der Waals surface area contributed by atoms with Crippen molar-refractivity contribution in [3.63, 3.8) is 0 Å². The van der Waals surface area contributed by atoms with Crippen LogP contribution in [0, 0.1) is 12.7 Å². The molecule has 2 aromatic carbocycles. The fourth-order valence-corrected chi connectivity index (χ4v) is 2.38. The Morgan fingerprint density at radius 1 is 1.05 bits per heavy atom. The maximum absolute atomic E-state index is 13.9. The summed E-state index contributed by atoms with van der Waals surface area (Å²) < 4.78 is 13.9. The minimum atomic E-state index is -0.814. The van der Waals surface area contributed by atoms with E-state index < -0.39 is 6.10 Å². The van der Waals surface area contributed by atoms with Gasteiger partial charge >= 0.3 is 0 Å². The SMILES string of the molecule is Cc1ccc(C(O)Cc2ccc(C(C)(C)C)cc2)c(F)c1. The summed E-state index contributed by atoms with van der Waals surface area (Å²) in [5.41, 5.74) is 3.59. The average Bonchev–Trinajstić information content (AvgIpc) is 2.38. The van der Waals surface area contributed by atoms with Gasteiger partial charge in [0.2, 0.25) is 0 Å². The summed E-state index contributed by atoms with van der Waals surface area (Å²) in [6, 6.07) is 13.1. The van der Waals surface area contributed by atoms with Gasteiger partial charge in [-0.15, -0.1) is 0 Å². The Morgan fingerprint density at radius 3 is 2.19 bits per heavy atom. The van der Waals surface area contributed by atoms with Gasteiger partial charge in [-0.1, -0.05) is 57.2 Å². The van der Waals surface area contributed by atoms with Crippen LogP contribution in [0.25, 0.3) is 0 Å². The van der Waals surface area contributed by atoms with Crippen LogP contribution in [-0.4, -0.2) is 5.11 Å². The summed E-state index contributed by atoms with van der Waals surface area (Å²) in [5.74, 6) is -0.339. The molecule has 0 spiro atoms. The van der Waals surface area contributed by atoms with Gasteiger partial charge in [-0.25, -0.2) is 4.39 Å². The van der Waals surface area contributed by atoms with Crippen molar-refractivity contribution in [1.29, 1.82) is 0 Å². The lowest BCUT2D eigenvalue weighted by molar-refractivity contribution is 0.173. The van der Waals surface area contributed by atoms with Gasteiger partial charge < -0.3 is 5.11 Å². The molecule has 0 aliphatic rings. The maximum Gasteiger partial charge on any atom is 0.129 e. The quantitative estimate of drug-likeness (QED) is 0.866. The van der Waals surface area contributed by atoms with E-state index in [4.69, 9.17) is 0 Å². The lowest BCUT2D eigenvalue weighted by Crippen LogP contribution is -2.11. The molecular formula is C19H23FO. The zero-order chi connectivity index (χ0) is 15.6. The molecule has 1 nitrogen and oxygen atoms in total. The van der Waals surface area contributed by atoms with Crippen molar-refractivity contribution in [2.45, 2.75) is 45.6 Å². The van der Waals surface area contributed by atoms with Gasteiger partial charge in [-0.2, -0.15) is 0 Å². The molecular weight excluding hydrogens is 263 g/mol. The van der Waals surface area contributed by atoms with Crippen molar-refractivity contribution in [3.8, 4) is 0 Å². The summed E-state index contributed by atoms with van der Waals surface area (Å²) in [5, 5.41) is 10.2. The van der Waals surface area contributed by atoms with Crippen LogP contribution in [0.2, 0.25) is 0 Å². The predicted octanol–water partition coefficient (Wildman–Crippen LogP) is 4.71. The van der Waals surface area contributed by atoms with Crippen molar-refractivity contribution in [1.82, 2.24) is 0 Å². The molecule has 2 aromatic rings. The first-order valence-electron chi connectivity index (χ1n) is 7.31. The van der Waals surface area contributed by atoms with E-state index in [0.717, 1.165) is 11.1 Å². The summed E-state index contributed by atoms with van der Waals surface area (Å²) in [4.78, 5) is 0. The summed E-state index contributed by atoms with van der Waals surface area (Å²) in [6.07, 6.45) is -0.393. The maximum atomic E-state index is 13.9. The second-order valence-electron chi connectivity index (χ2n) is 6.69. The van der Waals surface area contributed by atoms with Crippen molar-refractivity contribution < 1.29 is 9.50 Å². The zero-order valence-corrected chi connectivity index (χ0v) is 13.2. The molecule has 0 bridgehead atoms. The molecule has 112 valence electrons. The molecule has 21 heavy (non-hydrogen) atoms. The van der Waals surface area contributed by atoms with Crippen LogP contribution in [-0.2, 0) is 11.8 Å². The number of benzene rings is 2. The molecule has 1 atom stereocenters. The molecule has 0 saturated heterocycles. The minimum absolute atomic E-state index is 0.111. The van der Waals surface area contributed by atoms with Crippen LogP contribution >= 0.6 is 0 Å². The molecule has 0 aliphatic heterocycles. The van der Waals surface area contributed by atoms with Gasteiger partial charge in [-0.05, 0) is 35.1 Å². The standard InChI is InChI=1S/C19H23FO/c1-13-5-10-16(17(20)11-13)18(21)12-14-6-8-15(9-7-14)19(2,3)4/h5-11,18,21H,12H2,1-4H3. The molecule has 1 N–H and O–H groups in total. The molecule has 0 aliphatic carbocycles. The molecule has 2 rings (SSSR count). The van der Waals surface area contributed by atoms with E-state index in [1.807, 2.05) is 25.1 Å². The van der Waals surface area contributed by atoms with Crippen LogP contribution in [0.4, 0.5) is 4.39 Å². The lowest BCUT2D eigenvalue weighted by Gasteiger charge is -2.19. The highest BCUT2D eigenvalue weighted by atomic mass is 19.1. The Balaban J connectivity index is 2.14. The van der Waals surface area contributed by atoms with Crippen molar-refractivity contribution in [2.24, 2.45) is 0 Å². The first-order valence-corrected chi connectivity index (χ1v) is 7.31. The first kappa shape index (κ1) is 15.7. The van der Waals surface area contributed by atoms with E-state index in [2.05, 4.69) is 32.9 Å². The Morgan fingerprint density at radius 2 is 1.67 bits per heavy atom. The van der Waals surface area contributed by atoms with Crippen LogP contribution in [0.1, 0.15) is 49.1 Å². The number of hydrogen-bond donors (Lipinski definition) is 1. The third kappa shape index (κ3) is 3.92. The Kier molecular flexibility index (Phi) is 4.48. The van der Waals surface area contributed by atoms with Crippen molar-refractivity contribution in [2.75, 3.05) is 0 Å². The van der Waals surface area contributed by atoms with E-state index in [1.165, 1.54) is 11.6 Å². The number of aryl methyl sites for hydroxylation is 1. The van der Waals surface area contributed by atoms with Gasteiger partial charge in [0.05, 0.1) is 6.10 Å². The molecule has 0 amide bonds. The molecule has 0 saturated carbocycles. The van der Waals surface area contributed by atoms with Gasteiger partial charge in [-0.3, -0.25) is 0 Å². The highest BCUT2D eigenvalue weighted by Gasteiger charge is 2.15. The van der Waals surface area contributed by atoms with Crippen LogP contribution in [0.15, 0.2) is 42.5 Å². The molecule has 0 fully saturated rings. The smallest absolute Gasteiger partial charge is 0.129 e. The Bertz CT molecular complexity index is 608. The third-order valence-electron chi connectivity index (χ3n) is 3.76. The average molecular weight is 286 g/mol. The van der Waals surface area contributed by atoms with Crippen LogP contribution in [0.3, 0.4) is 0 Å². The normalized spacial score (nSPS) is 13.2. The van der Waals surface area contributed by atoms with E-state index in [0.29, 0.717) is 12.0 Å². The van der Waals surface area contributed by atoms with Gasteiger partial charge in [0.1, 0.15) is 5.82 Å².